The predicted molar refractivity (Wildman–Crippen MR) is 167 cm³/mol. The predicted octanol–water partition coefficient (Wildman–Crippen LogP) is 3.31. The molecule has 1 spiro atoms. The lowest BCUT2D eigenvalue weighted by Gasteiger charge is -2.45. The Balaban J connectivity index is 1.60. The van der Waals surface area contributed by atoms with E-state index in [4.69, 9.17) is 9.47 Å². The molecule has 3 amide bonds. The smallest absolute Gasteiger partial charge is 0.313 e. The first kappa shape index (κ1) is 32.9. The minimum Gasteiger partial charge on any atom is -0.455 e. The lowest BCUT2D eigenvalue weighted by molar-refractivity contribution is -0.161. The zero-order valence-corrected chi connectivity index (χ0v) is 27.2. The van der Waals surface area contributed by atoms with Gasteiger partial charge in [-0.05, 0) is 44.6 Å². The summed E-state index contributed by atoms with van der Waals surface area (Å²) >= 11 is 0. The summed E-state index contributed by atoms with van der Waals surface area (Å²) in [6.45, 7) is 12.0. The summed E-state index contributed by atoms with van der Waals surface area (Å²) in [6.07, 6.45) is 7.08. The highest BCUT2D eigenvalue weighted by atomic mass is 16.6. The van der Waals surface area contributed by atoms with Crippen molar-refractivity contribution in [2.75, 3.05) is 19.7 Å². The molecule has 244 valence electrons. The number of aliphatic hydroxyl groups excluding tert-OH is 1. The number of likely N-dealkylation sites (tertiary alicyclic amines) is 1. The van der Waals surface area contributed by atoms with Crippen molar-refractivity contribution in [1.82, 2.24) is 15.1 Å². The fourth-order valence-electron chi connectivity index (χ4n) is 7.96. The molecular weight excluding hydrogens is 574 g/mol. The van der Waals surface area contributed by atoms with Crippen LogP contribution in [0.3, 0.4) is 0 Å². The summed E-state index contributed by atoms with van der Waals surface area (Å²) in [6, 6.07) is 7.55. The Hall–Kier alpha value is -3.50. The van der Waals surface area contributed by atoms with Gasteiger partial charge in [0.25, 0.3) is 0 Å². The van der Waals surface area contributed by atoms with E-state index in [0.29, 0.717) is 18.4 Å². The van der Waals surface area contributed by atoms with Crippen LogP contribution in [0.25, 0.3) is 0 Å². The Bertz CT molecular complexity index is 1370. The van der Waals surface area contributed by atoms with E-state index in [1.54, 1.807) is 24.0 Å². The molecule has 7 atom stereocenters. The number of allylic oxidation sites excluding steroid dienone is 1. The van der Waals surface area contributed by atoms with Crippen molar-refractivity contribution in [2.45, 2.75) is 96.2 Å². The fraction of sp³-hybridized carbons (Fsp3) is 0.600. The second kappa shape index (κ2) is 12.4. The van der Waals surface area contributed by atoms with Gasteiger partial charge >= 0.3 is 5.97 Å². The van der Waals surface area contributed by atoms with Crippen molar-refractivity contribution in [1.29, 1.82) is 0 Å². The number of fused-ring (bicyclic) bond motifs is 2. The van der Waals surface area contributed by atoms with Crippen LogP contribution in [0, 0.1) is 17.3 Å². The number of hydrogen-bond acceptors (Lipinski definition) is 7. The number of hydrogen-bond donors (Lipinski definition) is 2. The number of β-amino-alcohol motifs (C(OH)–C–C–N with tert-alkyl or cyclic N) is 1. The Kier molecular flexibility index (Phi) is 9.03. The lowest BCUT2D eigenvalue weighted by atomic mass is 9.74. The Morgan fingerprint density at radius 1 is 1.02 bits per heavy atom. The molecule has 2 fully saturated rings. The maximum absolute atomic E-state index is 14.8. The summed E-state index contributed by atoms with van der Waals surface area (Å²) < 4.78 is 12.7. The molecule has 10 nitrogen and oxygen atoms in total. The number of carbonyl (C=O) groups is 4. The summed E-state index contributed by atoms with van der Waals surface area (Å²) in [5.41, 5.74) is -1.41. The number of amides is 3. The zero-order valence-electron chi connectivity index (χ0n) is 27.2. The van der Waals surface area contributed by atoms with Gasteiger partial charge in [0.1, 0.15) is 23.7 Å². The molecule has 0 radical (unpaired) electrons. The second-order valence-corrected chi connectivity index (χ2v) is 14.6. The second-order valence-electron chi connectivity index (χ2n) is 14.6. The molecule has 4 heterocycles. The molecule has 10 heteroatoms. The van der Waals surface area contributed by atoms with Crippen molar-refractivity contribution < 1.29 is 33.8 Å². The molecule has 1 aromatic rings. The van der Waals surface area contributed by atoms with E-state index >= 15 is 0 Å². The molecule has 4 aliphatic heterocycles. The van der Waals surface area contributed by atoms with Gasteiger partial charge in [-0.2, -0.15) is 0 Å². The number of ether oxygens (including phenoxy) is 2. The van der Waals surface area contributed by atoms with Crippen LogP contribution < -0.4 is 5.32 Å². The van der Waals surface area contributed by atoms with Crippen LogP contribution in [0.2, 0.25) is 0 Å². The number of cyclic esters (lactones) is 1. The van der Waals surface area contributed by atoms with Gasteiger partial charge in [0, 0.05) is 25.0 Å². The van der Waals surface area contributed by atoms with Crippen molar-refractivity contribution in [2.24, 2.45) is 17.3 Å². The molecule has 2 saturated heterocycles. The molecule has 5 rings (SSSR count). The van der Waals surface area contributed by atoms with Gasteiger partial charge in [-0.15, -0.1) is 0 Å². The fourth-order valence-corrected chi connectivity index (χ4v) is 7.96. The number of esters is 1. The van der Waals surface area contributed by atoms with Crippen LogP contribution in [0.5, 0.6) is 0 Å². The van der Waals surface area contributed by atoms with Gasteiger partial charge in [0.05, 0.1) is 24.7 Å². The zero-order chi connectivity index (χ0) is 32.7. The molecule has 0 unspecified atom stereocenters. The number of benzene rings is 1. The average Bonchev–Trinajstić information content (AvgIpc) is 3.59. The molecular formula is C35H47N3O7. The highest BCUT2D eigenvalue weighted by Crippen LogP contribution is 2.56. The Labute approximate surface area is 265 Å². The highest BCUT2D eigenvalue weighted by molar-refractivity contribution is 5.99. The number of nitrogens with one attached hydrogen (secondary N) is 1. The molecule has 0 aliphatic carbocycles. The average molecular weight is 622 g/mol. The summed E-state index contributed by atoms with van der Waals surface area (Å²) in [4.78, 5) is 59.2. The van der Waals surface area contributed by atoms with Gasteiger partial charge < -0.3 is 29.7 Å². The molecule has 0 aromatic heterocycles. The van der Waals surface area contributed by atoms with Crippen LogP contribution in [-0.4, -0.2) is 87.6 Å². The molecule has 1 aromatic carbocycles. The Morgan fingerprint density at radius 2 is 1.73 bits per heavy atom. The first-order valence-corrected chi connectivity index (χ1v) is 16.0. The maximum atomic E-state index is 14.8. The van der Waals surface area contributed by atoms with Crippen LogP contribution in [0.4, 0.5) is 0 Å². The van der Waals surface area contributed by atoms with Crippen LogP contribution in [-0.2, 0) is 28.7 Å². The molecule has 45 heavy (non-hydrogen) atoms. The molecule has 2 N–H and O–H groups in total. The number of aliphatic hydroxyl groups is 1. The van der Waals surface area contributed by atoms with Gasteiger partial charge in [-0.3, -0.25) is 19.2 Å². The van der Waals surface area contributed by atoms with Crippen LogP contribution in [0.15, 0.2) is 54.6 Å². The normalized spacial score (nSPS) is 33.3. The largest absolute Gasteiger partial charge is 0.455 e. The van der Waals surface area contributed by atoms with E-state index < -0.39 is 59.1 Å². The first-order valence-electron chi connectivity index (χ1n) is 16.0. The third kappa shape index (κ3) is 6.19. The van der Waals surface area contributed by atoms with Crippen LogP contribution >= 0.6 is 0 Å². The van der Waals surface area contributed by atoms with Crippen molar-refractivity contribution in [3.63, 3.8) is 0 Å². The number of nitrogens with zero attached hydrogens (tertiary/aromatic N) is 2. The van der Waals surface area contributed by atoms with Crippen LogP contribution in [0.1, 0.15) is 72.5 Å². The highest BCUT2D eigenvalue weighted by Gasteiger charge is 2.73. The van der Waals surface area contributed by atoms with Crippen molar-refractivity contribution in [3.05, 3.63) is 60.2 Å². The third-order valence-electron chi connectivity index (χ3n) is 9.39. The van der Waals surface area contributed by atoms with E-state index in [0.717, 1.165) is 0 Å². The summed E-state index contributed by atoms with van der Waals surface area (Å²) in [5, 5.41) is 13.0. The van der Waals surface area contributed by atoms with Gasteiger partial charge in [0.15, 0.2) is 0 Å². The SMILES string of the molecule is C[C@@H]1NC(=O)CC/C=C\CN(C(C)(C)CC(C)(C)C)C(=O)[C@H]2N(CCO)C(=O)[C@@H]3[C@@H](C(=O)O[C@H]1c1ccccc1)[C@H]1C=C[C@]32O1. The minimum absolute atomic E-state index is 0.0732. The summed E-state index contributed by atoms with van der Waals surface area (Å²) in [5.74, 6) is -3.54. The van der Waals surface area contributed by atoms with E-state index in [-0.39, 0.29) is 43.3 Å². The van der Waals surface area contributed by atoms with E-state index in [1.165, 1.54) is 4.90 Å². The Morgan fingerprint density at radius 3 is 2.40 bits per heavy atom. The number of carbonyl (C=O) groups excluding carboxylic acids is 4. The van der Waals surface area contributed by atoms with E-state index in [9.17, 15) is 24.3 Å². The number of rotatable bonds is 5. The van der Waals surface area contributed by atoms with E-state index in [1.807, 2.05) is 56.3 Å². The van der Waals surface area contributed by atoms with Gasteiger partial charge in [-0.1, -0.05) is 75.4 Å². The van der Waals surface area contributed by atoms with E-state index in [2.05, 4.69) is 26.1 Å². The monoisotopic (exact) mass is 621 g/mol. The van der Waals surface area contributed by atoms with Gasteiger partial charge in [0.2, 0.25) is 17.7 Å². The molecule has 0 saturated carbocycles. The summed E-state index contributed by atoms with van der Waals surface area (Å²) in [7, 11) is 0. The quantitative estimate of drug-likeness (QED) is 0.382. The molecule has 4 aliphatic rings. The third-order valence-corrected chi connectivity index (χ3v) is 9.39. The molecule has 5 bridgehead atoms. The standard InChI is InChI=1S/C35H47N3O7/c1-22-28(23-13-9-7-10-14-23)44-32(43)26-24-16-17-35(45-24)27(26)30(41)37(19-20-39)29(35)31(42)38(34(5,6)21-33(2,3)4)18-12-8-11-15-25(40)36-22/h7-10,12-14,16-17,22,24,26-29,39H,11,15,18-21H2,1-6H3,(H,36,40)/b12-8-/t22-,24+,26-,27-,28+,29+,35-/m0/s1. The topological polar surface area (TPSA) is 125 Å². The van der Waals surface area contributed by atoms with Gasteiger partial charge in [-0.25, -0.2) is 0 Å². The lowest BCUT2D eigenvalue weighted by Crippen LogP contribution is -2.61. The first-order chi connectivity index (χ1) is 21.2. The van der Waals surface area contributed by atoms with Crippen molar-refractivity contribution in [3.8, 4) is 0 Å². The maximum Gasteiger partial charge on any atom is 0.313 e. The van der Waals surface area contributed by atoms with Crippen molar-refractivity contribution >= 4 is 23.7 Å². The minimum atomic E-state index is -1.38.